The molecule has 1 amide bonds. The van der Waals surface area contributed by atoms with Crippen molar-refractivity contribution >= 4 is 5.91 Å². The van der Waals surface area contributed by atoms with Crippen LogP contribution in [0.4, 0.5) is 0 Å². The van der Waals surface area contributed by atoms with Gasteiger partial charge in [0.1, 0.15) is 0 Å². The zero-order valence-corrected chi connectivity index (χ0v) is 11.6. The molecule has 0 radical (unpaired) electrons. The van der Waals surface area contributed by atoms with E-state index >= 15 is 0 Å². The zero-order valence-electron chi connectivity index (χ0n) is 11.6. The molecular formula is C14H24N4O. The maximum absolute atomic E-state index is 11.8. The minimum atomic E-state index is 0.185. The number of aromatic nitrogens is 2. The van der Waals surface area contributed by atoms with E-state index < -0.39 is 0 Å². The second kappa shape index (κ2) is 7.28. The van der Waals surface area contributed by atoms with Crippen LogP contribution in [0, 0.1) is 11.8 Å². The molecule has 0 aromatic carbocycles. The van der Waals surface area contributed by atoms with Gasteiger partial charge in [0.15, 0.2) is 0 Å². The first kappa shape index (κ1) is 14.1. The van der Waals surface area contributed by atoms with Crippen molar-refractivity contribution in [3.05, 3.63) is 18.7 Å². The molecule has 2 heterocycles. The molecule has 1 aliphatic rings. The lowest BCUT2D eigenvalue weighted by Gasteiger charge is -2.14. The molecule has 1 fully saturated rings. The standard InChI is InChI=1S/C14H24N4O/c1-12(10-18-7-6-16-11-18)8-17-14(19)3-2-13-4-5-15-9-13/h6-7,11-13,15H,2-5,8-10H2,1H3,(H,17,19). The normalized spacial score (nSPS) is 20.4. The number of nitrogens with one attached hydrogen (secondary N) is 2. The summed E-state index contributed by atoms with van der Waals surface area (Å²) in [5, 5.41) is 6.36. The summed E-state index contributed by atoms with van der Waals surface area (Å²) < 4.78 is 2.04. The lowest BCUT2D eigenvalue weighted by molar-refractivity contribution is -0.121. The van der Waals surface area contributed by atoms with Crippen LogP contribution >= 0.6 is 0 Å². The lowest BCUT2D eigenvalue weighted by Crippen LogP contribution is -2.30. The molecule has 1 saturated heterocycles. The van der Waals surface area contributed by atoms with Gasteiger partial charge in [-0.15, -0.1) is 0 Å². The van der Waals surface area contributed by atoms with Gasteiger partial charge >= 0.3 is 0 Å². The van der Waals surface area contributed by atoms with Crippen molar-refractivity contribution in [3.8, 4) is 0 Å². The second-order valence-corrected chi connectivity index (χ2v) is 5.57. The van der Waals surface area contributed by atoms with Gasteiger partial charge < -0.3 is 15.2 Å². The Hall–Kier alpha value is -1.36. The molecule has 2 unspecified atom stereocenters. The fraction of sp³-hybridized carbons (Fsp3) is 0.714. The first-order valence-corrected chi connectivity index (χ1v) is 7.17. The van der Waals surface area contributed by atoms with Crippen molar-refractivity contribution in [2.75, 3.05) is 19.6 Å². The fourth-order valence-electron chi connectivity index (χ4n) is 2.49. The largest absolute Gasteiger partial charge is 0.356 e. The van der Waals surface area contributed by atoms with E-state index in [-0.39, 0.29) is 5.91 Å². The van der Waals surface area contributed by atoms with E-state index in [0.717, 1.165) is 32.6 Å². The van der Waals surface area contributed by atoms with Crippen LogP contribution in [0.3, 0.4) is 0 Å². The average molecular weight is 264 g/mol. The predicted octanol–water partition coefficient (Wildman–Crippen LogP) is 1.03. The third kappa shape index (κ3) is 5.03. The summed E-state index contributed by atoms with van der Waals surface area (Å²) in [7, 11) is 0. The topological polar surface area (TPSA) is 59.0 Å². The molecule has 5 heteroatoms. The highest BCUT2D eigenvalue weighted by Gasteiger charge is 2.15. The number of nitrogens with zero attached hydrogens (tertiary/aromatic N) is 2. The van der Waals surface area contributed by atoms with Crippen LogP contribution in [0.15, 0.2) is 18.7 Å². The summed E-state index contributed by atoms with van der Waals surface area (Å²) in [4.78, 5) is 15.8. The predicted molar refractivity (Wildman–Crippen MR) is 74.6 cm³/mol. The highest BCUT2D eigenvalue weighted by Crippen LogP contribution is 2.13. The maximum atomic E-state index is 11.8. The van der Waals surface area contributed by atoms with Crippen LogP contribution in [0.25, 0.3) is 0 Å². The van der Waals surface area contributed by atoms with Crippen LogP contribution < -0.4 is 10.6 Å². The summed E-state index contributed by atoms with van der Waals surface area (Å²) in [5.41, 5.74) is 0. The zero-order chi connectivity index (χ0) is 13.5. The molecule has 0 aliphatic carbocycles. The van der Waals surface area contributed by atoms with Gasteiger partial charge in [-0.1, -0.05) is 6.92 Å². The molecule has 2 rings (SSSR count). The Morgan fingerprint density at radius 3 is 3.21 bits per heavy atom. The number of amides is 1. The first-order valence-electron chi connectivity index (χ1n) is 7.17. The molecule has 19 heavy (non-hydrogen) atoms. The van der Waals surface area contributed by atoms with Crippen LogP contribution in [-0.4, -0.2) is 35.1 Å². The van der Waals surface area contributed by atoms with E-state index in [0.29, 0.717) is 18.3 Å². The van der Waals surface area contributed by atoms with E-state index in [1.165, 1.54) is 6.42 Å². The van der Waals surface area contributed by atoms with Crippen LogP contribution in [-0.2, 0) is 11.3 Å². The highest BCUT2D eigenvalue weighted by atomic mass is 16.1. The van der Waals surface area contributed by atoms with Crippen molar-refractivity contribution in [3.63, 3.8) is 0 Å². The summed E-state index contributed by atoms with van der Waals surface area (Å²) in [6, 6.07) is 0. The van der Waals surface area contributed by atoms with Crippen molar-refractivity contribution in [2.45, 2.75) is 32.7 Å². The number of imidazole rings is 1. The van der Waals surface area contributed by atoms with Gasteiger partial charge in [-0.25, -0.2) is 4.98 Å². The van der Waals surface area contributed by atoms with Crippen molar-refractivity contribution < 1.29 is 4.79 Å². The van der Waals surface area contributed by atoms with Gasteiger partial charge in [0.05, 0.1) is 6.33 Å². The van der Waals surface area contributed by atoms with Gasteiger partial charge in [-0.05, 0) is 37.8 Å². The van der Waals surface area contributed by atoms with E-state index in [1.54, 1.807) is 6.20 Å². The Kier molecular flexibility index (Phi) is 5.39. The van der Waals surface area contributed by atoms with Crippen LogP contribution in [0.1, 0.15) is 26.2 Å². The number of carbonyl (C=O) groups excluding carboxylic acids is 1. The quantitative estimate of drug-likeness (QED) is 0.773. The van der Waals surface area contributed by atoms with Crippen molar-refractivity contribution in [2.24, 2.45) is 11.8 Å². The Morgan fingerprint density at radius 1 is 1.63 bits per heavy atom. The Bertz CT molecular complexity index is 371. The monoisotopic (exact) mass is 264 g/mol. The maximum Gasteiger partial charge on any atom is 0.220 e. The van der Waals surface area contributed by atoms with Gasteiger partial charge in [0.2, 0.25) is 5.91 Å². The smallest absolute Gasteiger partial charge is 0.220 e. The summed E-state index contributed by atoms with van der Waals surface area (Å²) >= 11 is 0. The van der Waals surface area contributed by atoms with Gasteiger partial charge in [0, 0.05) is 31.9 Å². The molecule has 0 saturated carbocycles. The highest BCUT2D eigenvalue weighted by molar-refractivity contribution is 5.75. The lowest BCUT2D eigenvalue weighted by atomic mass is 10.0. The Balaban J connectivity index is 1.57. The first-order chi connectivity index (χ1) is 9.24. The van der Waals surface area contributed by atoms with E-state index in [9.17, 15) is 4.79 Å². The number of rotatable bonds is 7. The Morgan fingerprint density at radius 2 is 2.53 bits per heavy atom. The summed E-state index contributed by atoms with van der Waals surface area (Å²) in [6.07, 6.45) is 8.42. The Labute approximate surface area is 114 Å². The number of carbonyl (C=O) groups is 1. The van der Waals surface area contributed by atoms with Crippen molar-refractivity contribution in [1.29, 1.82) is 0 Å². The third-order valence-electron chi connectivity index (χ3n) is 3.67. The van der Waals surface area contributed by atoms with Gasteiger partial charge in [0.25, 0.3) is 0 Å². The molecule has 2 atom stereocenters. The van der Waals surface area contributed by atoms with Gasteiger partial charge in [-0.3, -0.25) is 4.79 Å². The molecule has 0 bridgehead atoms. The number of hydrogen-bond donors (Lipinski definition) is 2. The number of hydrogen-bond acceptors (Lipinski definition) is 3. The van der Waals surface area contributed by atoms with Crippen LogP contribution in [0.5, 0.6) is 0 Å². The third-order valence-corrected chi connectivity index (χ3v) is 3.67. The molecule has 5 nitrogen and oxygen atoms in total. The minimum Gasteiger partial charge on any atom is -0.356 e. The summed E-state index contributed by atoms with van der Waals surface area (Å²) in [6.45, 7) is 5.95. The molecular weight excluding hydrogens is 240 g/mol. The van der Waals surface area contributed by atoms with Gasteiger partial charge in [-0.2, -0.15) is 0 Å². The molecule has 1 aromatic rings. The molecule has 1 aromatic heterocycles. The van der Waals surface area contributed by atoms with Crippen molar-refractivity contribution in [1.82, 2.24) is 20.2 Å². The molecule has 2 N–H and O–H groups in total. The minimum absolute atomic E-state index is 0.185. The SMILES string of the molecule is CC(CNC(=O)CCC1CCNC1)Cn1ccnc1. The molecule has 106 valence electrons. The molecule has 1 aliphatic heterocycles. The summed E-state index contributed by atoms with van der Waals surface area (Å²) in [5.74, 6) is 1.30. The average Bonchev–Trinajstić information content (AvgIpc) is 3.06. The van der Waals surface area contributed by atoms with E-state index in [1.807, 2.05) is 17.1 Å². The van der Waals surface area contributed by atoms with Crippen LogP contribution in [0.2, 0.25) is 0 Å². The molecule has 0 spiro atoms. The van der Waals surface area contributed by atoms with E-state index in [2.05, 4.69) is 22.5 Å². The van der Waals surface area contributed by atoms with E-state index in [4.69, 9.17) is 0 Å². The second-order valence-electron chi connectivity index (χ2n) is 5.57. The fourth-order valence-corrected chi connectivity index (χ4v) is 2.49.